The van der Waals surface area contributed by atoms with Crippen LogP contribution in [-0.2, 0) is 11.3 Å². The van der Waals surface area contributed by atoms with Crippen LogP contribution in [0.2, 0.25) is 0 Å². The van der Waals surface area contributed by atoms with Crippen LogP contribution in [0, 0.1) is 0 Å². The van der Waals surface area contributed by atoms with Gasteiger partial charge in [-0.05, 0) is 58.7 Å². The topological polar surface area (TPSA) is 0 Å². The first kappa shape index (κ1) is 31.4. The predicted octanol–water partition coefficient (Wildman–Crippen LogP) is 10.0. The van der Waals surface area contributed by atoms with Gasteiger partial charge in [-0.3, -0.25) is 0 Å². The van der Waals surface area contributed by atoms with E-state index in [2.05, 4.69) is 222 Å². The summed E-state index contributed by atoms with van der Waals surface area (Å²) in [5.74, 6) is 0. The van der Waals surface area contributed by atoms with Gasteiger partial charge in [0.2, 0.25) is 0 Å². The van der Waals surface area contributed by atoms with Crippen LogP contribution >= 0.6 is 16.5 Å². The zero-order valence-electron chi connectivity index (χ0n) is 25.9. The third-order valence-corrected chi connectivity index (χ3v) is 13.9. The summed E-state index contributed by atoms with van der Waals surface area (Å²) < 4.78 is 0. The van der Waals surface area contributed by atoms with E-state index in [9.17, 15) is 0 Å². The highest BCUT2D eigenvalue weighted by molar-refractivity contribution is 7.95. The average Bonchev–Trinajstić information content (AvgIpc) is 3.16. The van der Waals surface area contributed by atoms with Gasteiger partial charge >= 0.3 is 0 Å². The van der Waals surface area contributed by atoms with Crippen molar-refractivity contribution in [1.29, 1.82) is 0 Å². The van der Waals surface area contributed by atoms with Gasteiger partial charge in [0.15, 0.2) is 0 Å². The Morgan fingerprint density at radius 1 is 0.326 bits per heavy atom. The van der Waals surface area contributed by atoms with E-state index in [1.165, 1.54) is 38.2 Å². The summed E-state index contributed by atoms with van der Waals surface area (Å²) in [5.41, 5.74) is 5.23. The lowest BCUT2D eigenvalue weighted by Gasteiger charge is -2.31. The van der Waals surface area contributed by atoms with Gasteiger partial charge in [0.25, 0.3) is 0 Å². The maximum Gasteiger partial charge on any atom is 0.116 e. The standard InChI is InChI=1S/C25H22P.C19H17P/c1-5-13-22(14-6-1)21-26(23-15-7-2-8-16-23,24-17-9-3-10-18-24)25-19-11-4-12-20-25;20-19(16-10-4-1-5-11-16,17-12-6-2-7-13-17)18-14-8-3-9-15-18/h1-20H,21H2;1-15H,20H2/q+1;. The minimum atomic E-state index is -1.78. The first-order chi connectivity index (χ1) is 22.7. The van der Waals surface area contributed by atoms with Gasteiger partial charge in [0.05, 0.1) is 11.3 Å². The highest BCUT2D eigenvalue weighted by Crippen LogP contribution is 2.58. The molecule has 0 N–H and O–H groups in total. The monoisotopic (exact) mass is 629 g/mol. The molecule has 7 aromatic carbocycles. The molecule has 2 heteroatoms. The molecule has 224 valence electrons. The molecule has 1 unspecified atom stereocenters. The summed E-state index contributed by atoms with van der Waals surface area (Å²) in [6.45, 7) is 0. The molecular formula is C44H39P2+. The van der Waals surface area contributed by atoms with Crippen molar-refractivity contribution in [1.82, 2.24) is 0 Å². The number of hydrogen-bond acceptors (Lipinski definition) is 0. The summed E-state index contributed by atoms with van der Waals surface area (Å²) in [6.07, 6.45) is 1.03. The highest BCUT2D eigenvalue weighted by atomic mass is 31.2. The van der Waals surface area contributed by atoms with Crippen molar-refractivity contribution in [3.8, 4) is 0 Å². The maximum absolute atomic E-state index is 3.06. The van der Waals surface area contributed by atoms with Crippen molar-refractivity contribution in [2.75, 3.05) is 0 Å². The third-order valence-electron chi connectivity index (χ3n) is 8.54. The molecule has 0 heterocycles. The highest BCUT2D eigenvalue weighted by Gasteiger charge is 2.45. The third kappa shape index (κ3) is 6.80. The maximum atomic E-state index is 3.06. The van der Waals surface area contributed by atoms with Crippen LogP contribution in [-0.4, -0.2) is 0 Å². The summed E-state index contributed by atoms with van der Waals surface area (Å²) in [6, 6.07) is 75.9. The van der Waals surface area contributed by atoms with E-state index >= 15 is 0 Å². The van der Waals surface area contributed by atoms with E-state index in [0.717, 1.165) is 6.16 Å². The number of benzene rings is 7. The molecule has 0 aromatic heterocycles. The van der Waals surface area contributed by atoms with Crippen LogP contribution in [0.15, 0.2) is 212 Å². The molecule has 0 aliphatic heterocycles. The van der Waals surface area contributed by atoms with Crippen molar-refractivity contribution >= 4 is 32.4 Å². The lowest BCUT2D eigenvalue weighted by molar-refractivity contribution is 0.897. The zero-order chi connectivity index (χ0) is 31.5. The Balaban J connectivity index is 0.000000167. The number of hydrogen-bond donors (Lipinski definition) is 0. The van der Waals surface area contributed by atoms with Gasteiger partial charge in [-0.25, -0.2) is 0 Å². The van der Waals surface area contributed by atoms with Gasteiger partial charge in [0.1, 0.15) is 23.2 Å². The smallest absolute Gasteiger partial charge is 0.116 e. The Labute approximate surface area is 277 Å². The average molecular weight is 630 g/mol. The fraction of sp³-hybridized carbons (Fsp3) is 0.0455. The molecule has 0 nitrogen and oxygen atoms in total. The summed E-state index contributed by atoms with van der Waals surface area (Å²) in [5, 5.41) is 4.09. The van der Waals surface area contributed by atoms with E-state index in [1.54, 1.807) is 0 Å². The van der Waals surface area contributed by atoms with Crippen LogP contribution in [0.25, 0.3) is 0 Å². The lowest BCUT2D eigenvalue weighted by atomic mass is 9.84. The fourth-order valence-electron chi connectivity index (χ4n) is 6.23. The second kappa shape index (κ2) is 15.1. The molecule has 0 saturated carbocycles. The molecule has 1 atom stereocenters. The van der Waals surface area contributed by atoms with Gasteiger partial charge in [-0.15, -0.1) is 9.24 Å². The molecule has 46 heavy (non-hydrogen) atoms. The van der Waals surface area contributed by atoms with Crippen LogP contribution in [0.4, 0.5) is 0 Å². The van der Waals surface area contributed by atoms with Crippen molar-refractivity contribution in [2.24, 2.45) is 0 Å². The van der Waals surface area contributed by atoms with Gasteiger partial charge in [0, 0.05) is 0 Å². The SMILES string of the molecule is PC(c1ccccc1)(c1ccccc1)c1ccccc1.c1ccc(C[P+](c2ccccc2)(c2ccccc2)c2ccccc2)cc1. The molecule has 0 saturated heterocycles. The molecule has 0 amide bonds. The van der Waals surface area contributed by atoms with E-state index in [0.29, 0.717) is 0 Å². The molecular weight excluding hydrogens is 590 g/mol. The Bertz CT molecular complexity index is 1680. The molecule has 0 spiro atoms. The first-order valence-electron chi connectivity index (χ1n) is 15.8. The Kier molecular flexibility index (Phi) is 10.3. The summed E-state index contributed by atoms with van der Waals surface area (Å²) in [4.78, 5) is 0. The minimum absolute atomic E-state index is 0.205. The largest absolute Gasteiger partial charge is 0.117 e. The Hall–Kier alpha value is -4.60. The fourth-order valence-corrected chi connectivity index (χ4v) is 11.1. The van der Waals surface area contributed by atoms with Gasteiger partial charge in [-0.2, -0.15) is 0 Å². The molecule has 7 aromatic rings. The minimum Gasteiger partial charge on any atom is -0.117 e. The van der Waals surface area contributed by atoms with Crippen LogP contribution in [0.5, 0.6) is 0 Å². The lowest BCUT2D eigenvalue weighted by Crippen LogP contribution is -2.32. The molecule has 0 aliphatic carbocycles. The molecule has 0 bridgehead atoms. The second-order valence-electron chi connectivity index (χ2n) is 11.4. The first-order valence-corrected chi connectivity index (χ1v) is 18.3. The van der Waals surface area contributed by atoms with E-state index in [1.807, 2.05) is 0 Å². The molecule has 0 radical (unpaired) electrons. The second-order valence-corrected chi connectivity index (χ2v) is 15.7. The van der Waals surface area contributed by atoms with Crippen molar-refractivity contribution in [3.63, 3.8) is 0 Å². The van der Waals surface area contributed by atoms with E-state index < -0.39 is 7.26 Å². The summed E-state index contributed by atoms with van der Waals surface area (Å²) in [7, 11) is 1.28. The molecule has 0 aliphatic rings. The van der Waals surface area contributed by atoms with Crippen LogP contribution in [0.3, 0.4) is 0 Å². The van der Waals surface area contributed by atoms with E-state index in [-0.39, 0.29) is 5.16 Å². The van der Waals surface area contributed by atoms with Crippen molar-refractivity contribution < 1.29 is 0 Å². The normalized spacial score (nSPS) is 11.2. The Morgan fingerprint density at radius 3 is 0.848 bits per heavy atom. The summed E-state index contributed by atoms with van der Waals surface area (Å²) >= 11 is 0. The Morgan fingerprint density at radius 2 is 0.565 bits per heavy atom. The quantitative estimate of drug-likeness (QED) is 0.116. The van der Waals surface area contributed by atoms with Gasteiger partial charge < -0.3 is 0 Å². The number of rotatable bonds is 8. The molecule has 0 fully saturated rings. The van der Waals surface area contributed by atoms with Crippen LogP contribution in [0.1, 0.15) is 22.3 Å². The van der Waals surface area contributed by atoms with Crippen molar-refractivity contribution in [3.05, 3.63) is 235 Å². The predicted molar refractivity (Wildman–Crippen MR) is 204 cm³/mol. The van der Waals surface area contributed by atoms with Crippen LogP contribution < -0.4 is 15.9 Å². The van der Waals surface area contributed by atoms with Gasteiger partial charge in [-0.1, -0.05) is 176 Å². The van der Waals surface area contributed by atoms with Crippen molar-refractivity contribution in [2.45, 2.75) is 11.3 Å². The molecule has 7 rings (SSSR count). The zero-order valence-corrected chi connectivity index (χ0v) is 28.0. The van der Waals surface area contributed by atoms with E-state index in [4.69, 9.17) is 0 Å².